The summed E-state index contributed by atoms with van der Waals surface area (Å²) in [4.78, 5) is 26.0. The minimum atomic E-state index is -2.61. The first kappa shape index (κ1) is 113. The van der Waals surface area contributed by atoms with E-state index in [1.165, 1.54) is 20.8 Å². The van der Waals surface area contributed by atoms with Gasteiger partial charge in [-0.1, -0.05) is 0 Å². The van der Waals surface area contributed by atoms with Gasteiger partial charge in [0.05, 0.1) is 90.4 Å². The first-order valence-electron chi connectivity index (χ1n) is 43.7. The Morgan fingerprint density at radius 3 is 0.890 bits per heavy atom. The molecular weight excluding hydrogens is 1870 g/mol. The second-order valence-electron chi connectivity index (χ2n) is 34.8. The van der Waals surface area contributed by atoms with E-state index < -0.39 is 440 Å². The molecule has 60 nitrogen and oxygen atoms in total. The Kier molecular flexibility index (Phi) is 40.9. The van der Waals surface area contributed by atoms with Gasteiger partial charge >= 0.3 is 0 Å². The predicted molar refractivity (Wildman–Crippen MR) is 416 cm³/mol. The van der Waals surface area contributed by atoms with E-state index in [0.717, 1.165) is 13.8 Å². The van der Waals surface area contributed by atoms with Crippen LogP contribution in [0.1, 0.15) is 34.6 Å². The van der Waals surface area contributed by atoms with Crippen molar-refractivity contribution in [1.29, 1.82) is 0 Å². The van der Waals surface area contributed by atoms with Gasteiger partial charge in [0, 0.05) is 13.8 Å². The Bertz CT molecular complexity index is 3610. The molecule has 36 N–H and O–H groups in total. The normalized spacial score (nSPS) is 50.3. The molecule has 0 aromatic heterocycles. The summed E-state index contributed by atoms with van der Waals surface area (Å²) in [5, 5.41) is 384. The number of aliphatic hydroxyl groups excluding tert-OH is 34. The quantitative estimate of drug-likeness (QED) is 0.0275. The van der Waals surface area contributed by atoms with Gasteiger partial charge in [0.15, 0.2) is 69.2 Å². The monoisotopic (exact) mass is 2000 g/mol. The van der Waals surface area contributed by atoms with E-state index in [1.807, 2.05) is 0 Å². The number of nitrogens with one attached hydrogen (secondary N) is 2. The van der Waals surface area contributed by atoms with Crippen molar-refractivity contribution in [1.82, 2.24) is 10.6 Å². The van der Waals surface area contributed by atoms with Gasteiger partial charge in [0.1, 0.15) is 269 Å². The third-order valence-corrected chi connectivity index (χ3v) is 25.4. The molecule has 60 heteroatoms. The first-order valence-corrected chi connectivity index (χ1v) is 43.7. The molecule has 11 aliphatic rings. The molecule has 792 valence electrons. The molecule has 11 rings (SSSR count). The van der Waals surface area contributed by atoms with Crippen molar-refractivity contribution in [2.45, 2.75) is 397 Å². The maximum atomic E-state index is 13.0. The minimum Gasteiger partial charge on any atom is -0.394 e. The molecule has 11 heterocycles. The summed E-state index contributed by atoms with van der Waals surface area (Å²) in [6, 6.07) is -3.91. The number of rotatable bonds is 37. The number of carbonyl (C=O) groups is 2. The lowest BCUT2D eigenvalue weighted by molar-refractivity contribution is -0.407. The molecule has 0 spiro atoms. The zero-order valence-electron chi connectivity index (χ0n) is 73.1. The van der Waals surface area contributed by atoms with Gasteiger partial charge in [-0.2, -0.15) is 0 Å². The van der Waals surface area contributed by atoms with Gasteiger partial charge in [-0.25, -0.2) is 0 Å². The van der Waals surface area contributed by atoms with E-state index in [-0.39, 0.29) is 0 Å². The van der Waals surface area contributed by atoms with Crippen LogP contribution in [0.5, 0.6) is 0 Å². The number of hydrogen-bond acceptors (Lipinski definition) is 58. The van der Waals surface area contributed by atoms with Gasteiger partial charge in [0.2, 0.25) is 11.8 Å². The van der Waals surface area contributed by atoms with Crippen molar-refractivity contribution in [3.8, 4) is 0 Å². The van der Waals surface area contributed by atoms with Crippen molar-refractivity contribution in [3.05, 3.63) is 0 Å². The van der Waals surface area contributed by atoms with Gasteiger partial charge in [0.25, 0.3) is 0 Å². The molecule has 0 aliphatic carbocycles. The summed E-state index contributed by atoms with van der Waals surface area (Å²) in [5.41, 5.74) is 0. The van der Waals surface area contributed by atoms with Crippen molar-refractivity contribution in [2.75, 3.05) is 66.1 Å². The average Bonchev–Trinajstić information content (AvgIpc) is 0.768. The fourth-order valence-corrected chi connectivity index (χ4v) is 17.5. The highest BCUT2D eigenvalue weighted by atomic mass is 16.8. The first-order chi connectivity index (χ1) is 64.3. The SMILES string of the molecule is CC(=O)N[C@H]1[C@H](OC[C@@H](O)[C@H](O)[C@H](O[C@@H]2O[C@H](CO)[C@H](O)[C@H](O[C@@H]3O[C@H](CO)[C@H](O[C@H]4O[C@H](CO)[C@H](O)[C@H](O[C@H]5O[C@H](CO)[C@H](O)[C@H](O)[C@H]5O[C@H]5O[C@H](C)[C@H](O)[C@H](O)[C@H]5O)[C@H]4O)[C@H](O)[C@H]3O)[C@H]2O[C@H]2O[C@H](C)[C@H](O)[C@H](O)[C@H]2O)[C@H](CO)NC(C)=O)O[C@H](CO)[C@@H](O[C@@H]2O[C@H](CO)[C@H](O[C@H]3O[C@H](CO)[C@H](O)[C@H](O[C@H]4O[C@H](CO)[C@H](O)[C@H](O)[C@H]4O[C@H]4O[C@H](C)[C@H](O)[C@H](O)[C@H]4O)[C@H]3O)[C@H](O)[C@H]2O)[C@@H]1O. The number of amides is 2. The Morgan fingerprint density at radius 1 is 0.265 bits per heavy atom. The molecule has 0 aromatic carbocycles. The van der Waals surface area contributed by atoms with Crippen LogP contribution in [-0.4, -0.2) is 614 Å². The van der Waals surface area contributed by atoms with Crippen LogP contribution >= 0.6 is 0 Å². The molecule has 0 unspecified atom stereocenters. The summed E-state index contributed by atoms with van der Waals surface area (Å²) >= 11 is 0. The van der Waals surface area contributed by atoms with Crippen LogP contribution < -0.4 is 10.6 Å². The van der Waals surface area contributed by atoms with E-state index in [4.69, 9.17) is 104 Å². The third kappa shape index (κ3) is 24.5. The van der Waals surface area contributed by atoms with E-state index in [1.54, 1.807) is 0 Å². The fourth-order valence-electron chi connectivity index (χ4n) is 17.5. The molecule has 11 aliphatic heterocycles. The van der Waals surface area contributed by atoms with E-state index in [0.29, 0.717) is 0 Å². The van der Waals surface area contributed by atoms with Crippen molar-refractivity contribution < 1.29 is 287 Å². The highest BCUT2D eigenvalue weighted by Gasteiger charge is 2.63. The highest BCUT2D eigenvalue weighted by molar-refractivity contribution is 5.73. The Balaban J connectivity index is 0.787. The Hall–Kier alpha value is -3.30. The lowest BCUT2D eigenvalue weighted by atomic mass is 9.94. The molecule has 0 aromatic rings. The molecule has 11 fully saturated rings. The molecule has 59 atom stereocenters. The second-order valence-corrected chi connectivity index (χ2v) is 34.8. The van der Waals surface area contributed by atoms with Crippen LogP contribution in [0, 0.1) is 0 Å². The third-order valence-electron chi connectivity index (χ3n) is 25.4. The molecule has 0 saturated carbocycles. The number of hydrogen-bond donors (Lipinski definition) is 36. The van der Waals surface area contributed by atoms with E-state index in [9.17, 15) is 183 Å². The van der Waals surface area contributed by atoms with E-state index in [2.05, 4.69) is 10.6 Å². The van der Waals surface area contributed by atoms with Crippen LogP contribution in [0.15, 0.2) is 0 Å². The summed E-state index contributed by atoms with van der Waals surface area (Å²) in [7, 11) is 0. The smallest absolute Gasteiger partial charge is 0.217 e. The van der Waals surface area contributed by atoms with Gasteiger partial charge < -0.3 is 288 Å². The zero-order valence-corrected chi connectivity index (χ0v) is 73.1. The van der Waals surface area contributed by atoms with Crippen LogP contribution in [0.25, 0.3) is 0 Å². The molecule has 11 saturated heterocycles. The number of carbonyl (C=O) groups excluding carboxylic acids is 2. The predicted octanol–water partition coefficient (Wildman–Crippen LogP) is -24.1. The van der Waals surface area contributed by atoms with Gasteiger partial charge in [-0.05, 0) is 20.8 Å². The zero-order chi connectivity index (χ0) is 100. The lowest BCUT2D eigenvalue weighted by Gasteiger charge is -2.51. The van der Waals surface area contributed by atoms with Crippen molar-refractivity contribution in [2.24, 2.45) is 0 Å². The minimum absolute atomic E-state index is 0.894. The molecular formula is C76H130N2O58. The van der Waals surface area contributed by atoms with E-state index >= 15 is 0 Å². The second kappa shape index (κ2) is 49.3. The molecule has 0 radical (unpaired) electrons. The van der Waals surface area contributed by atoms with Crippen LogP contribution in [0.4, 0.5) is 0 Å². The van der Waals surface area contributed by atoms with Crippen molar-refractivity contribution in [3.63, 3.8) is 0 Å². The molecule has 136 heavy (non-hydrogen) atoms. The topological polar surface area (TPSA) is 949 Å². The average molecular weight is 2000 g/mol. The lowest BCUT2D eigenvalue weighted by Crippen LogP contribution is -2.69. The Labute approximate surface area is 770 Å². The van der Waals surface area contributed by atoms with Gasteiger partial charge in [-0.15, -0.1) is 0 Å². The standard InChI is InChI=1S/C76H130N2O58/c1-16-32(91)42(101)49(108)67(116-16)134-63-45(104)36(95)23(7-80)121-74(63)131-60-38(97)25(9-82)119-72(54(60)113)129-58-29(13-86)125-70(52(111)47(58)106)128-57-28(12-85)124-66(31(41(57)100)78-20(5)89)115-15-22(90)35(94)56(21(6-79)77-19(4)88)127-76-65(136-69-51(110)44(103)34(93)18(3)118-69)62(40(99)27(11-84)123-76)133-71-53(112)48(107)59(30(14-87)126-71)130-73-55(114)61(39(98)26(10-83)120-73)132-75-64(46(105)37(96)24(8-81)122-75)135-68-50(109)43(102)33(92)17(2)117-68/h16-18,21-76,79-87,90-114H,6-15H2,1-5H3,(H,77,88)(H,78,89)/t16-,17-,18-,21+,22-,23-,24-,25-,26-,27-,28-,29-,30-,31-,32+,33+,34+,35+,36+,37+,38+,39+,40+,41-,42+,43+,44+,45+,46+,47-,48-,49-,50-,51-,52-,53-,54-,55-,56-,57-,58+,59+,60+,61+,62+,63-,64-,65-,66-,67-,68-,69-,70+,71+,72-,73-,74-,75-,76+/m1/s1. The number of ether oxygens (including phenoxy) is 22. The van der Waals surface area contributed by atoms with Crippen LogP contribution in [0.2, 0.25) is 0 Å². The fraction of sp³-hybridized carbons (Fsp3) is 0.974. The highest BCUT2D eigenvalue weighted by Crippen LogP contribution is 2.42. The van der Waals surface area contributed by atoms with Crippen LogP contribution in [0.3, 0.4) is 0 Å². The van der Waals surface area contributed by atoms with Gasteiger partial charge in [-0.3, -0.25) is 9.59 Å². The maximum Gasteiger partial charge on any atom is 0.217 e. The summed E-state index contributed by atoms with van der Waals surface area (Å²) in [6.07, 6.45) is -119. The largest absolute Gasteiger partial charge is 0.394 e. The summed E-state index contributed by atoms with van der Waals surface area (Å²) in [5.74, 6) is -1.98. The Morgan fingerprint density at radius 2 is 0.537 bits per heavy atom. The molecule has 2 amide bonds. The summed E-state index contributed by atoms with van der Waals surface area (Å²) in [6.45, 7) is -6.27. The van der Waals surface area contributed by atoms with Crippen LogP contribution in [-0.2, 0) is 114 Å². The summed E-state index contributed by atoms with van der Waals surface area (Å²) < 4.78 is 128. The number of aliphatic hydroxyl groups is 34. The molecule has 0 bridgehead atoms. The van der Waals surface area contributed by atoms with Crippen molar-refractivity contribution >= 4 is 11.8 Å². The maximum absolute atomic E-state index is 13.0.